The molecule has 0 bridgehead atoms. The van der Waals surface area contributed by atoms with E-state index in [0.717, 1.165) is 11.6 Å². The first-order valence-corrected chi connectivity index (χ1v) is 11.0. The third kappa shape index (κ3) is 7.58. The van der Waals surface area contributed by atoms with Crippen LogP contribution in [0.3, 0.4) is 0 Å². The molecule has 0 aliphatic rings. The van der Waals surface area contributed by atoms with Crippen LogP contribution < -0.4 is 15.4 Å². The monoisotopic (exact) mass is 485 g/mol. The van der Waals surface area contributed by atoms with E-state index in [2.05, 4.69) is 10.6 Å². The number of likely N-dealkylation sites (N-methyl/N-ethyl adjacent to an activating group) is 1. The van der Waals surface area contributed by atoms with E-state index in [1.807, 2.05) is 31.2 Å². The topological polar surface area (TPSA) is 70.7 Å². The molecule has 0 aliphatic carbocycles. The van der Waals surface area contributed by atoms with Gasteiger partial charge in [0, 0.05) is 0 Å². The Labute approximate surface area is 201 Å². The van der Waals surface area contributed by atoms with Gasteiger partial charge in [-0.1, -0.05) is 48.9 Å². The van der Waals surface area contributed by atoms with E-state index in [0.29, 0.717) is 23.7 Å². The van der Waals surface area contributed by atoms with Gasteiger partial charge in [0.05, 0.1) is 30.0 Å². The van der Waals surface area contributed by atoms with Crippen molar-refractivity contribution in [3.63, 3.8) is 0 Å². The van der Waals surface area contributed by atoms with Crippen molar-refractivity contribution in [3.05, 3.63) is 83.9 Å². The molecule has 3 aromatic rings. The summed E-state index contributed by atoms with van der Waals surface area (Å²) in [6, 6.07) is 19.2. The number of benzene rings is 3. The zero-order valence-electron chi connectivity index (χ0n) is 19.4. The Morgan fingerprint density at radius 2 is 1.37 bits per heavy atom. The fourth-order valence-corrected chi connectivity index (χ4v) is 3.30. The van der Waals surface area contributed by atoms with Gasteiger partial charge in [-0.3, -0.25) is 14.5 Å². The average molecular weight is 486 g/mol. The largest absolute Gasteiger partial charge is 0.455 e. The Kier molecular flexibility index (Phi) is 8.48. The molecular formula is C26H26F3N3O3. The van der Waals surface area contributed by atoms with Gasteiger partial charge in [0.15, 0.2) is 5.75 Å². The molecule has 2 N–H and O–H groups in total. The smallest absolute Gasteiger partial charge is 0.418 e. The minimum atomic E-state index is -4.59. The number of nitrogens with zero attached hydrogens (tertiary/aromatic N) is 1. The van der Waals surface area contributed by atoms with Crippen LogP contribution >= 0.6 is 0 Å². The number of carbonyl (C=O) groups excluding carboxylic acids is 2. The van der Waals surface area contributed by atoms with E-state index >= 15 is 0 Å². The highest BCUT2D eigenvalue weighted by Gasteiger charge is 2.33. The summed E-state index contributed by atoms with van der Waals surface area (Å²) in [7, 11) is 0. The summed E-state index contributed by atoms with van der Waals surface area (Å²) < 4.78 is 45.4. The molecule has 35 heavy (non-hydrogen) atoms. The van der Waals surface area contributed by atoms with Crippen molar-refractivity contribution < 1.29 is 27.5 Å². The number of ether oxygens (including phenoxy) is 1. The van der Waals surface area contributed by atoms with Crippen LogP contribution in [0.2, 0.25) is 0 Å². The summed E-state index contributed by atoms with van der Waals surface area (Å²) in [4.78, 5) is 26.6. The Morgan fingerprint density at radius 1 is 0.829 bits per heavy atom. The SMILES string of the molecule is CCN(CC(=O)Nc1ccccc1Oc1ccc(C)cc1)CC(=O)Nc1ccccc1C(F)(F)F. The number of hydrogen-bond acceptors (Lipinski definition) is 4. The number of hydrogen-bond donors (Lipinski definition) is 2. The molecule has 2 amide bonds. The van der Waals surface area contributed by atoms with E-state index in [4.69, 9.17) is 4.74 Å². The Balaban J connectivity index is 1.61. The van der Waals surface area contributed by atoms with Crippen molar-refractivity contribution in [2.75, 3.05) is 30.3 Å². The van der Waals surface area contributed by atoms with E-state index in [1.165, 1.54) is 23.1 Å². The Morgan fingerprint density at radius 3 is 1.97 bits per heavy atom. The number of halogens is 3. The second-order valence-electron chi connectivity index (χ2n) is 7.85. The molecule has 0 atom stereocenters. The molecule has 0 unspecified atom stereocenters. The van der Waals surface area contributed by atoms with Crippen LogP contribution in [0, 0.1) is 6.92 Å². The van der Waals surface area contributed by atoms with Crippen molar-refractivity contribution in [1.82, 2.24) is 4.90 Å². The van der Waals surface area contributed by atoms with Crippen LogP contribution in [-0.4, -0.2) is 36.3 Å². The summed E-state index contributed by atoms with van der Waals surface area (Å²) in [6.45, 7) is 3.66. The van der Waals surface area contributed by atoms with Crippen LogP contribution in [0.25, 0.3) is 0 Å². The molecule has 3 aromatic carbocycles. The summed E-state index contributed by atoms with van der Waals surface area (Å²) in [5.41, 5.74) is 0.286. The number of rotatable bonds is 9. The predicted molar refractivity (Wildman–Crippen MR) is 129 cm³/mol. The van der Waals surface area contributed by atoms with Crippen molar-refractivity contribution in [1.29, 1.82) is 0 Å². The van der Waals surface area contributed by atoms with Crippen LogP contribution in [-0.2, 0) is 15.8 Å². The zero-order valence-corrected chi connectivity index (χ0v) is 19.4. The highest BCUT2D eigenvalue weighted by Crippen LogP contribution is 2.34. The third-order valence-electron chi connectivity index (χ3n) is 5.10. The van der Waals surface area contributed by atoms with Gasteiger partial charge in [0.2, 0.25) is 11.8 Å². The summed E-state index contributed by atoms with van der Waals surface area (Å²) in [5, 5.41) is 5.07. The average Bonchev–Trinajstić information content (AvgIpc) is 2.81. The fraction of sp³-hybridized carbons (Fsp3) is 0.231. The maximum absolute atomic E-state index is 13.2. The standard InChI is InChI=1S/C26H26F3N3O3/c1-3-32(16-24(33)30-21-9-5-4-8-20(21)26(27,28)29)17-25(34)31-22-10-6-7-11-23(22)35-19-14-12-18(2)13-15-19/h4-15H,3,16-17H2,1-2H3,(H,30,33)(H,31,34). The molecule has 0 radical (unpaired) electrons. The highest BCUT2D eigenvalue weighted by atomic mass is 19.4. The van der Waals surface area contributed by atoms with E-state index in [1.54, 1.807) is 31.2 Å². The molecule has 9 heteroatoms. The van der Waals surface area contributed by atoms with Crippen molar-refractivity contribution in [3.8, 4) is 11.5 Å². The number of amides is 2. The lowest BCUT2D eigenvalue weighted by Gasteiger charge is -2.21. The molecule has 0 saturated heterocycles. The summed E-state index contributed by atoms with van der Waals surface area (Å²) in [5.74, 6) is 0.0206. The molecule has 0 heterocycles. The minimum Gasteiger partial charge on any atom is -0.455 e. The normalized spacial score (nSPS) is 11.3. The maximum Gasteiger partial charge on any atom is 0.418 e. The third-order valence-corrected chi connectivity index (χ3v) is 5.10. The molecule has 6 nitrogen and oxygen atoms in total. The highest BCUT2D eigenvalue weighted by molar-refractivity contribution is 5.95. The molecular weight excluding hydrogens is 459 g/mol. The van der Waals surface area contributed by atoms with Gasteiger partial charge in [-0.05, 0) is 49.9 Å². The Hall–Kier alpha value is -3.85. The number of anilines is 2. The van der Waals surface area contributed by atoms with E-state index < -0.39 is 23.6 Å². The van der Waals surface area contributed by atoms with E-state index in [9.17, 15) is 22.8 Å². The zero-order chi connectivity index (χ0) is 25.4. The Bertz CT molecular complexity index is 1160. The first kappa shape index (κ1) is 25.8. The second kappa shape index (κ2) is 11.5. The van der Waals surface area contributed by atoms with Crippen molar-refractivity contribution in [2.24, 2.45) is 0 Å². The quantitative estimate of drug-likeness (QED) is 0.408. The number of carbonyl (C=O) groups is 2. The molecule has 0 spiro atoms. The van der Waals surface area contributed by atoms with Gasteiger partial charge < -0.3 is 15.4 Å². The molecule has 184 valence electrons. The van der Waals surface area contributed by atoms with Crippen LogP contribution in [0.5, 0.6) is 11.5 Å². The van der Waals surface area contributed by atoms with Gasteiger partial charge >= 0.3 is 6.18 Å². The lowest BCUT2D eigenvalue weighted by atomic mass is 10.1. The second-order valence-corrected chi connectivity index (χ2v) is 7.85. The van der Waals surface area contributed by atoms with Crippen molar-refractivity contribution >= 4 is 23.2 Å². The number of alkyl halides is 3. The lowest BCUT2D eigenvalue weighted by Crippen LogP contribution is -2.38. The minimum absolute atomic E-state index is 0.135. The first-order valence-electron chi connectivity index (χ1n) is 11.0. The maximum atomic E-state index is 13.2. The van der Waals surface area contributed by atoms with Gasteiger partial charge in [-0.25, -0.2) is 0 Å². The number of aryl methyl sites for hydroxylation is 1. The fourth-order valence-electron chi connectivity index (χ4n) is 3.30. The molecule has 0 saturated carbocycles. The summed E-state index contributed by atoms with van der Waals surface area (Å²) >= 11 is 0. The van der Waals surface area contributed by atoms with Crippen LogP contribution in [0.15, 0.2) is 72.8 Å². The van der Waals surface area contributed by atoms with Gasteiger partial charge in [-0.2, -0.15) is 13.2 Å². The van der Waals surface area contributed by atoms with E-state index in [-0.39, 0.29) is 18.8 Å². The van der Waals surface area contributed by atoms with Crippen LogP contribution in [0.4, 0.5) is 24.5 Å². The number of para-hydroxylation sites is 3. The van der Waals surface area contributed by atoms with Gasteiger partial charge in [0.25, 0.3) is 0 Å². The lowest BCUT2D eigenvalue weighted by molar-refractivity contribution is -0.137. The first-order chi connectivity index (χ1) is 16.7. The molecule has 3 rings (SSSR count). The predicted octanol–water partition coefficient (Wildman–Crippen LogP) is 5.71. The summed E-state index contributed by atoms with van der Waals surface area (Å²) in [6.07, 6.45) is -4.59. The van der Waals surface area contributed by atoms with Crippen LogP contribution in [0.1, 0.15) is 18.1 Å². The number of nitrogens with one attached hydrogen (secondary N) is 2. The van der Waals surface area contributed by atoms with Gasteiger partial charge in [-0.15, -0.1) is 0 Å². The molecule has 0 aromatic heterocycles. The van der Waals surface area contributed by atoms with Gasteiger partial charge in [0.1, 0.15) is 5.75 Å². The molecule has 0 fully saturated rings. The van der Waals surface area contributed by atoms with Crippen molar-refractivity contribution in [2.45, 2.75) is 20.0 Å². The molecule has 0 aliphatic heterocycles.